The highest BCUT2D eigenvalue weighted by molar-refractivity contribution is 5.82. The molecule has 0 radical (unpaired) electrons. The van der Waals surface area contributed by atoms with Crippen molar-refractivity contribution in [2.75, 3.05) is 58.9 Å². The number of carbonyl (C=O) groups is 2. The van der Waals surface area contributed by atoms with Crippen LogP contribution in [0, 0.1) is 5.92 Å². The van der Waals surface area contributed by atoms with Crippen molar-refractivity contribution in [1.82, 2.24) is 19.6 Å². The SMILES string of the molecule is CC(=O)N1CCN(C(=O)C(C)N2CCN(CC(C)C)CC2)CC1. The van der Waals surface area contributed by atoms with Gasteiger partial charge in [0, 0.05) is 65.8 Å². The van der Waals surface area contributed by atoms with E-state index in [0.29, 0.717) is 32.1 Å². The fraction of sp³-hybridized carbons (Fsp3) is 0.882. The minimum atomic E-state index is -0.0555. The van der Waals surface area contributed by atoms with E-state index in [-0.39, 0.29) is 17.9 Å². The Hall–Kier alpha value is -1.14. The molecular weight excluding hydrogens is 292 g/mol. The average molecular weight is 324 g/mol. The number of nitrogens with zero attached hydrogens (tertiary/aromatic N) is 4. The molecule has 2 amide bonds. The summed E-state index contributed by atoms with van der Waals surface area (Å²) < 4.78 is 0. The van der Waals surface area contributed by atoms with E-state index < -0.39 is 0 Å². The van der Waals surface area contributed by atoms with E-state index in [1.165, 1.54) is 0 Å². The van der Waals surface area contributed by atoms with Crippen molar-refractivity contribution in [1.29, 1.82) is 0 Å². The summed E-state index contributed by atoms with van der Waals surface area (Å²) in [7, 11) is 0. The van der Waals surface area contributed by atoms with Crippen molar-refractivity contribution >= 4 is 11.8 Å². The standard InChI is InChI=1S/C17H32N4O2/c1-14(2)13-18-5-7-19(8-6-18)15(3)17(23)21-11-9-20(10-12-21)16(4)22/h14-15H,5-13H2,1-4H3. The molecule has 2 aliphatic heterocycles. The summed E-state index contributed by atoms with van der Waals surface area (Å²) in [5, 5.41) is 0. The van der Waals surface area contributed by atoms with Crippen LogP contribution in [0.4, 0.5) is 0 Å². The largest absolute Gasteiger partial charge is 0.339 e. The van der Waals surface area contributed by atoms with E-state index in [0.717, 1.165) is 32.7 Å². The smallest absolute Gasteiger partial charge is 0.239 e. The molecule has 2 saturated heterocycles. The fourth-order valence-corrected chi connectivity index (χ4v) is 3.51. The van der Waals surface area contributed by atoms with E-state index in [4.69, 9.17) is 0 Å². The Morgan fingerprint density at radius 3 is 1.83 bits per heavy atom. The maximum Gasteiger partial charge on any atom is 0.239 e. The average Bonchev–Trinajstić information content (AvgIpc) is 2.53. The van der Waals surface area contributed by atoms with Crippen molar-refractivity contribution in [3.8, 4) is 0 Å². The molecule has 0 saturated carbocycles. The second-order valence-electron chi connectivity index (χ2n) is 7.24. The minimum absolute atomic E-state index is 0.0555. The molecule has 132 valence electrons. The highest BCUT2D eigenvalue weighted by Gasteiger charge is 2.30. The molecule has 1 atom stereocenters. The van der Waals surface area contributed by atoms with Crippen molar-refractivity contribution in [3.63, 3.8) is 0 Å². The lowest BCUT2D eigenvalue weighted by Crippen LogP contribution is -2.58. The van der Waals surface area contributed by atoms with Gasteiger partial charge in [0.25, 0.3) is 0 Å². The van der Waals surface area contributed by atoms with Crippen molar-refractivity contribution in [2.45, 2.75) is 33.7 Å². The van der Waals surface area contributed by atoms with Gasteiger partial charge in [-0.3, -0.25) is 14.5 Å². The van der Waals surface area contributed by atoms with Crippen LogP contribution in [-0.4, -0.2) is 96.4 Å². The Morgan fingerprint density at radius 1 is 0.826 bits per heavy atom. The van der Waals surface area contributed by atoms with E-state index in [1.807, 2.05) is 16.7 Å². The van der Waals surface area contributed by atoms with Crippen LogP contribution in [0.15, 0.2) is 0 Å². The molecule has 2 aliphatic rings. The van der Waals surface area contributed by atoms with Crippen LogP contribution >= 0.6 is 0 Å². The Labute approximate surface area is 140 Å². The zero-order valence-electron chi connectivity index (χ0n) is 15.1. The van der Waals surface area contributed by atoms with Crippen molar-refractivity contribution < 1.29 is 9.59 Å². The Balaban J connectivity index is 1.79. The molecule has 23 heavy (non-hydrogen) atoms. The number of piperazine rings is 2. The quantitative estimate of drug-likeness (QED) is 0.748. The zero-order valence-corrected chi connectivity index (χ0v) is 15.1. The first-order valence-corrected chi connectivity index (χ1v) is 8.89. The Morgan fingerprint density at radius 2 is 1.35 bits per heavy atom. The highest BCUT2D eigenvalue weighted by Crippen LogP contribution is 2.12. The summed E-state index contributed by atoms with van der Waals surface area (Å²) >= 11 is 0. The first-order valence-electron chi connectivity index (χ1n) is 8.89. The summed E-state index contributed by atoms with van der Waals surface area (Å²) in [6.45, 7) is 15.9. The van der Waals surface area contributed by atoms with Gasteiger partial charge in [-0.15, -0.1) is 0 Å². The number of hydrogen-bond donors (Lipinski definition) is 0. The van der Waals surface area contributed by atoms with Gasteiger partial charge in [0.1, 0.15) is 0 Å². The first-order chi connectivity index (χ1) is 10.9. The number of hydrogen-bond acceptors (Lipinski definition) is 4. The van der Waals surface area contributed by atoms with Crippen molar-refractivity contribution in [3.05, 3.63) is 0 Å². The van der Waals surface area contributed by atoms with Crippen LogP contribution in [0.3, 0.4) is 0 Å². The summed E-state index contributed by atoms with van der Waals surface area (Å²) in [5.41, 5.74) is 0. The maximum absolute atomic E-state index is 12.7. The lowest BCUT2D eigenvalue weighted by molar-refractivity contribution is -0.142. The van der Waals surface area contributed by atoms with Gasteiger partial charge in [0.05, 0.1) is 6.04 Å². The Kier molecular flexibility index (Phi) is 6.41. The molecule has 0 aliphatic carbocycles. The van der Waals surface area contributed by atoms with Crippen LogP contribution in [0.25, 0.3) is 0 Å². The van der Waals surface area contributed by atoms with E-state index >= 15 is 0 Å². The summed E-state index contributed by atoms with van der Waals surface area (Å²) in [5.74, 6) is 1.01. The van der Waals surface area contributed by atoms with Gasteiger partial charge in [-0.05, 0) is 12.8 Å². The van der Waals surface area contributed by atoms with Crippen LogP contribution < -0.4 is 0 Å². The second kappa shape index (κ2) is 8.11. The molecule has 2 fully saturated rings. The van der Waals surface area contributed by atoms with Gasteiger partial charge >= 0.3 is 0 Å². The van der Waals surface area contributed by atoms with Crippen LogP contribution in [0.2, 0.25) is 0 Å². The van der Waals surface area contributed by atoms with Gasteiger partial charge in [-0.2, -0.15) is 0 Å². The monoisotopic (exact) mass is 324 g/mol. The highest BCUT2D eigenvalue weighted by atomic mass is 16.2. The third-order valence-electron chi connectivity index (χ3n) is 4.97. The summed E-state index contributed by atoms with van der Waals surface area (Å²) in [6, 6.07) is -0.0555. The molecule has 1 unspecified atom stereocenters. The second-order valence-corrected chi connectivity index (χ2v) is 7.24. The van der Waals surface area contributed by atoms with Crippen molar-refractivity contribution in [2.24, 2.45) is 5.92 Å². The molecular formula is C17H32N4O2. The van der Waals surface area contributed by atoms with Gasteiger partial charge in [-0.1, -0.05) is 13.8 Å². The lowest BCUT2D eigenvalue weighted by atomic mass is 10.1. The molecule has 6 nitrogen and oxygen atoms in total. The molecule has 2 heterocycles. The number of carbonyl (C=O) groups excluding carboxylic acids is 2. The summed E-state index contributed by atoms with van der Waals surface area (Å²) in [4.78, 5) is 32.6. The third-order valence-corrected chi connectivity index (χ3v) is 4.97. The van der Waals surface area contributed by atoms with Crippen LogP contribution in [-0.2, 0) is 9.59 Å². The number of amides is 2. The maximum atomic E-state index is 12.7. The number of rotatable bonds is 4. The molecule has 0 N–H and O–H groups in total. The lowest BCUT2D eigenvalue weighted by Gasteiger charge is -2.41. The zero-order chi connectivity index (χ0) is 17.0. The third kappa shape index (κ3) is 4.91. The van der Waals surface area contributed by atoms with E-state index in [2.05, 4.69) is 23.6 Å². The molecule has 6 heteroatoms. The molecule has 0 bridgehead atoms. The minimum Gasteiger partial charge on any atom is -0.339 e. The van der Waals surface area contributed by atoms with Gasteiger partial charge in [0.15, 0.2) is 0 Å². The molecule has 2 rings (SSSR count). The van der Waals surface area contributed by atoms with E-state index in [9.17, 15) is 9.59 Å². The normalized spacial score (nSPS) is 22.5. The van der Waals surface area contributed by atoms with Crippen LogP contribution in [0.1, 0.15) is 27.7 Å². The van der Waals surface area contributed by atoms with Gasteiger partial charge in [-0.25, -0.2) is 0 Å². The molecule has 0 aromatic carbocycles. The molecule has 0 aromatic rings. The molecule has 0 spiro atoms. The predicted molar refractivity (Wildman–Crippen MR) is 91.1 cm³/mol. The van der Waals surface area contributed by atoms with Gasteiger partial charge < -0.3 is 14.7 Å². The first kappa shape index (κ1) is 18.2. The molecule has 0 aromatic heterocycles. The van der Waals surface area contributed by atoms with Crippen LogP contribution in [0.5, 0.6) is 0 Å². The Bertz CT molecular complexity index is 411. The van der Waals surface area contributed by atoms with Gasteiger partial charge in [0.2, 0.25) is 11.8 Å². The fourth-order valence-electron chi connectivity index (χ4n) is 3.51. The summed E-state index contributed by atoms with van der Waals surface area (Å²) in [6.07, 6.45) is 0. The topological polar surface area (TPSA) is 47.1 Å². The van der Waals surface area contributed by atoms with E-state index in [1.54, 1.807) is 6.92 Å². The predicted octanol–water partition coefficient (Wildman–Crippen LogP) is 0.339.